The second-order valence-electron chi connectivity index (χ2n) is 6.39. The molecule has 0 fully saturated rings. The number of rotatable bonds is 2. The van der Waals surface area contributed by atoms with Gasteiger partial charge in [0, 0.05) is 10.6 Å². The number of carbonyl (C=O) groups is 1. The van der Waals surface area contributed by atoms with Crippen LogP contribution in [0.4, 0.5) is 5.82 Å². The molecule has 3 aromatic rings. The van der Waals surface area contributed by atoms with E-state index in [1.807, 2.05) is 31.2 Å². The molecular formula is C20H18ClN3OS. The van der Waals surface area contributed by atoms with Gasteiger partial charge in [0.2, 0.25) is 5.91 Å². The van der Waals surface area contributed by atoms with Crippen molar-refractivity contribution in [3.8, 4) is 5.69 Å². The minimum absolute atomic E-state index is 0.0125. The fourth-order valence-electron chi connectivity index (χ4n) is 3.25. The zero-order valence-corrected chi connectivity index (χ0v) is 16.1. The van der Waals surface area contributed by atoms with Crippen molar-refractivity contribution in [1.82, 2.24) is 9.78 Å². The number of fused-ring (bicyclic) bond motifs is 1. The Hall–Kier alpha value is -2.24. The third kappa shape index (κ3) is 3.13. The van der Waals surface area contributed by atoms with Gasteiger partial charge in [0.15, 0.2) is 0 Å². The van der Waals surface area contributed by atoms with Gasteiger partial charge in [-0.2, -0.15) is 5.10 Å². The minimum Gasteiger partial charge on any atom is -0.310 e. The van der Waals surface area contributed by atoms with E-state index in [1.165, 1.54) is 11.1 Å². The fourth-order valence-corrected chi connectivity index (χ4v) is 4.55. The molecule has 4 rings (SSSR count). The summed E-state index contributed by atoms with van der Waals surface area (Å²) in [5, 5.41) is 8.49. The lowest BCUT2D eigenvalue weighted by Crippen LogP contribution is -2.15. The molecule has 0 saturated heterocycles. The van der Waals surface area contributed by atoms with Crippen molar-refractivity contribution in [3.05, 3.63) is 75.9 Å². The van der Waals surface area contributed by atoms with Gasteiger partial charge in [0.25, 0.3) is 0 Å². The zero-order chi connectivity index (χ0) is 18.3. The molecule has 0 aliphatic carbocycles. The highest BCUT2D eigenvalue weighted by Crippen LogP contribution is 2.43. The van der Waals surface area contributed by atoms with Gasteiger partial charge in [-0.1, -0.05) is 41.4 Å². The first-order chi connectivity index (χ1) is 12.5. The first-order valence-corrected chi connectivity index (χ1v) is 9.79. The first-order valence-electron chi connectivity index (χ1n) is 8.36. The van der Waals surface area contributed by atoms with Crippen molar-refractivity contribution in [3.63, 3.8) is 0 Å². The van der Waals surface area contributed by atoms with Crippen LogP contribution in [0.15, 0.2) is 48.5 Å². The second kappa shape index (κ2) is 6.82. The molecule has 1 N–H and O–H groups in total. The van der Waals surface area contributed by atoms with E-state index >= 15 is 0 Å². The Kier molecular flexibility index (Phi) is 4.51. The van der Waals surface area contributed by atoms with Crippen LogP contribution < -0.4 is 5.32 Å². The summed E-state index contributed by atoms with van der Waals surface area (Å²) >= 11 is 7.65. The standard InChI is InChI=1S/C20H18ClN3OS/c1-12-4-3-5-14(10-12)19-18-13(2)23-24(16-8-6-15(21)7-9-16)20(18)22-17(25)11-26-19/h3-10,19H,11H2,1-2H3,(H,22,25)/t19-/m0/s1. The van der Waals surface area contributed by atoms with Crippen LogP contribution in [0.3, 0.4) is 0 Å². The number of hydrogen-bond donors (Lipinski definition) is 1. The summed E-state index contributed by atoms with van der Waals surface area (Å²) in [6.07, 6.45) is 0. The van der Waals surface area contributed by atoms with Gasteiger partial charge in [0.05, 0.1) is 22.4 Å². The fraction of sp³-hybridized carbons (Fsp3) is 0.200. The van der Waals surface area contributed by atoms with Crippen LogP contribution in [0.2, 0.25) is 5.02 Å². The number of nitrogens with one attached hydrogen (secondary N) is 1. The lowest BCUT2D eigenvalue weighted by molar-refractivity contribution is -0.113. The Balaban J connectivity index is 1.89. The maximum atomic E-state index is 12.3. The molecule has 1 aliphatic rings. The molecule has 1 atom stereocenters. The quantitative estimate of drug-likeness (QED) is 0.683. The minimum atomic E-state index is -0.0125. The van der Waals surface area contributed by atoms with Gasteiger partial charge < -0.3 is 5.32 Å². The van der Waals surface area contributed by atoms with Gasteiger partial charge in [-0.15, -0.1) is 11.8 Å². The maximum absolute atomic E-state index is 12.3. The van der Waals surface area contributed by atoms with Gasteiger partial charge >= 0.3 is 0 Å². The predicted molar refractivity (Wildman–Crippen MR) is 107 cm³/mol. The van der Waals surface area contributed by atoms with E-state index in [0.29, 0.717) is 10.8 Å². The van der Waals surface area contributed by atoms with Gasteiger partial charge in [0.1, 0.15) is 5.82 Å². The Morgan fingerprint density at radius 3 is 2.69 bits per heavy atom. The second-order valence-corrected chi connectivity index (χ2v) is 7.92. The molecule has 2 heterocycles. The van der Waals surface area contributed by atoms with Crippen molar-refractivity contribution in [2.75, 3.05) is 11.1 Å². The summed E-state index contributed by atoms with van der Waals surface area (Å²) in [6.45, 7) is 4.07. The molecule has 0 unspecified atom stereocenters. The third-order valence-corrected chi connectivity index (χ3v) is 5.95. The SMILES string of the molecule is Cc1cccc([C@@H]2SCC(=O)Nc3c2c(C)nn3-c2ccc(Cl)cc2)c1. The van der Waals surface area contributed by atoms with Gasteiger partial charge in [-0.25, -0.2) is 4.68 Å². The first kappa shape index (κ1) is 17.2. The van der Waals surface area contributed by atoms with E-state index in [2.05, 4.69) is 36.5 Å². The van der Waals surface area contributed by atoms with Gasteiger partial charge in [-0.3, -0.25) is 4.79 Å². The number of benzene rings is 2. The summed E-state index contributed by atoms with van der Waals surface area (Å²) in [4.78, 5) is 12.3. The Morgan fingerprint density at radius 1 is 1.19 bits per heavy atom. The van der Waals surface area contributed by atoms with Crippen LogP contribution in [-0.2, 0) is 4.79 Å². The largest absolute Gasteiger partial charge is 0.310 e. The number of aryl methyl sites for hydroxylation is 2. The van der Waals surface area contributed by atoms with Gasteiger partial charge in [-0.05, 0) is 43.7 Å². The number of anilines is 1. The molecule has 0 saturated carbocycles. The van der Waals surface area contributed by atoms with Crippen LogP contribution in [0.1, 0.15) is 27.6 Å². The normalized spacial score (nSPS) is 16.7. The van der Waals surface area contributed by atoms with Crippen LogP contribution in [0.5, 0.6) is 0 Å². The molecule has 26 heavy (non-hydrogen) atoms. The van der Waals surface area contributed by atoms with E-state index in [9.17, 15) is 4.79 Å². The van der Waals surface area contributed by atoms with E-state index in [-0.39, 0.29) is 11.2 Å². The summed E-state index contributed by atoms with van der Waals surface area (Å²) in [5.74, 6) is 1.14. The molecule has 2 aromatic carbocycles. The summed E-state index contributed by atoms with van der Waals surface area (Å²) in [5.41, 5.74) is 5.23. The molecule has 1 amide bonds. The third-order valence-electron chi connectivity index (χ3n) is 4.42. The molecule has 1 aromatic heterocycles. The molecule has 132 valence electrons. The maximum Gasteiger partial charge on any atom is 0.235 e. The van der Waals surface area contributed by atoms with Crippen LogP contribution >= 0.6 is 23.4 Å². The number of hydrogen-bond acceptors (Lipinski definition) is 3. The Bertz CT molecular complexity index is 981. The number of amides is 1. The van der Waals surface area contributed by atoms with E-state index in [0.717, 1.165) is 22.8 Å². The Labute approximate surface area is 161 Å². The molecule has 0 bridgehead atoms. The number of halogens is 1. The summed E-state index contributed by atoms with van der Waals surface area (Å²) in [6, 6.07) is 15.9. The average Bonchev–Trinajstić information content (AvgIpc) is 2.82. The average molecular weight is 384 g/mol. The van der Waals surface area contributed by atoms with Crippen molar-refractivity contribution >= 4 is 35.1 Å². The molecule has 6 heteroatoms. The molecular weight excluding hydrogens is 366 g/mol. The van der Waals surface area contributed by atoms with Crippen LogP contribution in [-0.4, -0.2) is 21.4 Å². The van der Waals surface area contributed by atoms with Crippen molar-refractivity contribution in [1.29, 1.82) is 0 Å². The van der Waals surface area contributed by atoms with E-state index in [1.54, 1.807) is 16.4 Å². The topological polar surface area (TPSA) is 46.9 Å². The monoisotopic (exact) mass is 383 g/mol. The van der Waals surface area contributed by atoms with E-state index in [4.69, 9.17) is 16.7 Å². The van der Waals surface area contributed by atoms with Crippen LogP contribution in [0.25, 0.3) is 5.69 Å². The Morgan fingerprint density at radius 2 is 1.96 bits per heavy atom. The van der Waals surface area contributed by atoms with Crippen LogP contribution in [0, 0.1) is 13.8 Å². The molecule has 0 radical (unpaired) electrons. The highest BCUT2D eigenvalue weighted by molar-refractivity contribution is 8.00. The number of thioether (sulfide) groups is 1. The number of nitrogens with zero attached hydrogens (tertiary/aromatic N) is 2. The lowest BCUT2D eigenvalue weighted by Gasteiger charge is -2.16. The molecule has 1 aliphatic heterocycles. The van der Waals surface area contributed by atoms with E-state index < -0.39 is 0 Å². The smallest absolute Gasteiger partial charge is 0.235 e. The highest BCUT2D eigenvalue weighted by Gasteiger charge is 2.30. The molecule has 4 nitrogen and oxygen atoms in total. The van der Waals surface area contributed by atoms with Crippen molar-refractivity contribution in [2.24, 2.45) is 0 Å². The number of aromatic nitrogens is 2. The van der Waals surface area contributed by atoms with Crippen molar-refractivity contribution < 1.29 is 4.79 Å². The predicted octanol–water partition coefficient (Wildman–Crippen LogP) is 4.92. The number of carbonyl (C=O) groups excluding carboxylic acids is 1. The van der Waals surface area contributed by atoms with Crippen molar-refractivity contribution in [2.45, 2.75) is 19.1 Å². The molecule has 0 spiro atoms. The summed E-state index contributed by atoms with van der Waals surface area (Å²) in [7, 11) is 0. The lowest BCUT2D eigenvalue weighted by atomic mass is 10.0. The zero-order valence-electron chi connectivity index (χ0n) is 14.5. The summed E-state index contributed by atoms with van der Waals surface area (Å²) < 4.78 is 1.80. The highest BCUT2D eigenvalue weighted by atomic mass is 35.5.